The quantitative estimate of drug-likeness (QED) is 0.149. The Morgan fingerprint density at radius 2 is 0.871 bits per heavy atom. The lowest BCUT2D eigenvalue weighted by Gasteiger charge is -2.27. The largest absolute Gasteiger partial charge is 0.316 e. The lowest BCUT2D eigenvalue weighted by molar-refractivity contribution is 1.14. The van der Waals surface area contributed by atoms with Gasteiger partial charge in [0.25, 0.3) is 0 Å². The SMILES string of the molecule is c1ccc(-c2ccc3c(c2)c2c(-n4ccc5c4ccc4c6ccccc6n(-c6ccccc6)c45)cccc2n3-c2ccc(-c3ccc(N(c4ccccc4)c4cccc5ccccc45)cc3)cc2)cc1. The van der Waals surface area contributed by atoms with Crippen LogP contribution in [0.15, 0.2) is 267 Å². The average molecular weight is 893 g/mol. The Labute approximate surface area is 405 Å². The van der Waals surface area contributed by atoms with Crippen molar-refractivity contribution in [1.29, 1.82) is 0 Å². The van der Waals surface area contributed by atoms with Crippen molar-refractivity contribution < 1.29 is 0 Å². The number of hydrogen-bond acceptors (Lipinski definition) is 1. The first-order chi connectivity index (χ1) is 34.7. The van der Waals surface area contributed by atoms with Gasteiger partial charge in [0, 0.05) is 61.3 Å². The third-order valence-corrected chi connectivity index (χ3v) is 14.3. The van der Waals surface area contributed by atoms with Gasteiger partial charge in [-0.3, -0.25) is 0 Å². The van der Waals surface area contributed by atoms with Gasteiger partial charge in [0.15, 0.2) is 0 Å². The zero-order valence-electron chi connectivity index (χ0n) is 38.2. The van der Waals surface area contributed by atoms with Gasteiger partial charge < -0.3 is 18.6 Å². The molecule has 0 N–H and O–H groups in total. The highest BCUT2D eigenvalue weighted by Gasteiger charge is 2.21. The molecule has 14 rings (SSSR count). The van der Waals surface area contributed by atoms with Crippen LogP contribution in [0, 0.1) is 0 Å². The summed E-state index contributed by atoms with van der Waals surface area (Å²) in [5, 5.41) is 8.58. The number of nitrogens with zero attached hydrogens (tertiary/aromatic N) is 4. The van der Waals surface area contributed by atoms with Crippen LogP contribution in [-0.2, 0) is 0 Å². The van der Waals surface area contributed by atoms with Crippen LogP contribution in [0.1, 0.15) is 0 Å². The Balaban J connectivity index is 0.900. The van der Waals surface area contributed by atoms with E-state index in [1.807, 2.05) is 0 Å². The molecule has 3 heterocycles. The van der Waals surface area contributed by atoms with Crippen molar-refractivity contribution in [3.8, 4) is 39.3 Å². The number of aromatic nitrogens is 3. The van der Waals surface area contributed by atoms with Crippen LogP contribution in [0.2, 0.25) is 0 Å². The predicted octanol–water partition coefficient (Wildman–Crippen LogP) is 17.8. The maximum atomic E-state index is 2.44. The molecule has 3 aromatic heterocycles. The van der Waals surface area contributed by atoms with Gasteiger partial charge in [-0.25, -0.2) is 0 Å². The highest BCUT2D eigenvalue weighted by Crippen LogP contribution is 2.43. The lowest BCUT2D eigenvalue weighted by Crippen LogP contribution is -2.10. The molecule has 0 saturated carbocycles. The summed E-state index contributed by atoms with van der Waals surface area (Å²) in [5.74, 6) is 0. The fourth-order valence-corrected chi connectivity index (χ4v) is 11.1. The van der Waals surface area contributed by atoms with Gasteiger partial charge in [-0.2, -0.15) is 0 Å². The fourth-order valence-electron chi connectivity index (χ4n) is 11.1. The molecule has 0 unspecified atom stereocenters. The van der Waals surface area contributed by atoms with E-state index in [4.69, 9.17) is 0 Å². The van der Waals surface area contributed by atoms with E-state index < -0.39 is 0 Å². The lowest BCUT2D eigenvalue weighted by atomic mass is 10.0. The molecule has 0 aliphatic rings. The summed E-state index contributed by atoms with van der Waals surface area (Å²) in [5.41, 5.74) is 17.4. The standard InChI is InChI=1S/C66H44N4/c1-4-16-45(17-5-1)49-34-40-62-58(44-49)65-63(67-43-42-57-59(67)41-39-56-55-25-12-13-26-61(55)70(66(56)57)51-22-8-3-9-23-51)28-15-29-64(65)69(62)53-37-32-47(33-38-53)46-30-35-52(36-31-46)68(50-20-6-2-7-21-50)60-27-14-19-48-18-10-11-24-54(48)60/h1-44H. The minimum atomic E-state index is 1.11. The molecule has 0 saturated heterocycles. The molecule has 4 heteroatoms. The normalized spacial score (nSPS) is 11.7. The minimum Gasteiger partial charge on any atom is -0.316 e. The second-order valence-corrected chi connectivity index (χ2v) is 18.1. The molecule has 11 aromatic carbocycles. The number of rotatable bonds is 8. The van der Waals surface area contributed by atoms with Crippen LogP contribution in [-0.4, -0.2) is 13.7 Å². The highest BCUT2D eigenvalue weighted by atomic mass is 15.1. The summed E-state index contributed by atoms with van der Waals surface area (Å²) in [7, 11) is 0. The molecule has 0 aliphatic heterocycles. The van der Waals surface area contributed by atoms with Crippen molar-refractivity contribution in [3.05, 3.63) is 267 Å². The number of fused-ring (bicyclic) bond motifs is 9. The number of para-hydroxylation sites is 3. The molecule has 328 valence electrons. The first kappa shape index (κ1) is 39.8. The van der Waals surface area contributed by atoms with E-state index in [0.29, 0.717) is 0 Å². The van der Waals surface area contributed by atoms with Crippen LogP contribution in [0.3, 0.4) is 0 Å². The minimum absolute atomic E-state index is 1.11. The Bertz CT molecular complexity index is 4250. The molecule has 14 aromatic rings. The molecular formula is C66H44N4. The smallest absolute Gasteiger partial charge is 0.0635 e. The summed E-state index contributed by atoms with van der Waals surface area (Å²) >= 11 is 0. The van der Waals surface area contributed by atoms with Crippen LogP contribution < -0.4 is 4.90 Å². The third kappa shape index (κ3) is 6.31. The maximum Gasteiger partial charge on any atom is 0.0635 e. The second-order valence-electron chi connectivity index (χ2n) is 18.1. The van der Waals surface area contributed by atoms with Gasteiger partial charge in [0.2, 0.25) is 0 Å². The Kier molecular flexibility index (Phi) is 9.17. The molecule has 70 heavy (non-hydrogen) atoms. The van der Waals surface area contributed by atoms with Crippen molar-refractivity contribution in [3.63, 3.8) is 0 Å². The fraction of sp³-hybridized carbons (Fsp3) is 0. The molecule has 4 nitrogen and oxygen atoms in total. The Hall–Kier alpha value is -9.38. The second kappa shape index (κ2) is 16.2. The van der Waals surface area contributed by atoms with Gasteiger partial charge in [-0.15, -0.1) is 0 Å². The maximum absolute atomic E-state index is 2.44. The van der Waals surface area contributed by atoms with Crippen LogP contribution in [0.25, 0.3) is 105 Å². The molecule has 0 atom stereocenters. The van der Waals surface area contributed by atoms with Gasteiger partial charge >= 0.3 is 0 Å². The average Bonchev–Trinajstić information content (AvgIpc) is 4.12. The van der Waals surface area contributed by atoms with E-state index in [1.165, 1.54) is 65.4 Å². The predicted molar refractivity (Wildman–Crippen MR) is 295 cm³/mol. The zero-order valence-corrected chi connectivity index (χ0v) is 38.2. The van der Waals surface area contributed by atoms with Gasteiger partial charge in [0.1, 0.15) is 0 Å². The highest BCUT2D eigenvalue weighted by molar-refractivity contribution is 6.19. The summed E-state index contributed by atoms with van der Waals surface area (Å²) in [6.07, 6.45) is 2.26. The van der Waals surface area contributed by atoms with E-state index in [-0.39, 0.29) is 0 Å². The number of anilines is 3. The summed E-state index contributed by atoms with van der Waals surface area (Å²) in [6.45, 7) is 0. The van der Waals surface area contributed by atoms with Gasteiger partial charge in [0.05, 0.1) is 39.0 Å². The first-order valence-corrected chi connectivity index (χ1v) is 24.0. The van der Waals surface area contributed by atoms with Crippen molar-refractivity contribution in [2.45, 2.75) is 0 Å². The Morgan fingerprint density at radius 3 is 1.67 bits per heavy atom. The van der Waals surface area contributed by atoms with Crippen LogP contribution >= 0.6 is 0 Å². The first-order valence-electron chi connectivity index (χ1n) is 24.0. The number of benzene rings is 11. The zero-order chi connectivity index (χ0) is 46.1. The van der Waals surface area contributed by atoms with Crippen molar-refractivity contribution in [2.75, 3.05) is 4.90 Å². The molecule has 0 amide bonds. The van der Waals surface area contributed by atoms with Gasteiger partial charge in [-0.05, 0) is 125 Å². The number of hydrogen-bond donors (Lipinski definition) is 0. The van der Waals surface area contributed by atoms with E-state index in [2.05, 4.69) is 286 Å². The van der Waals surface area contributed by atoms with E-state index in [9.17, 15) is 0 Å². The molecule has 0 fully saturated rings. The molecule has 0 aliphatic carbocycles. The van der Waals surface area contributed by atoms with Gasteiger partial charge in [-0.1, -0.05) is 164 Å². The van der Waals surface area contributed by atoms with Crippen LogP contribution in [0.4, 0.5) is 17.1 Å². The van der Waals surface area contributed by atoms with Crippen molar-refractivity contribution in [2.24, 2.45) is 0 Å². The van der Waals surface area contributed by atoms with E-state index in [0.717, 1.165) is 56.3 Å². The Morgan fingerprint density at radius 1 is 0.300 bits per heavy atom. The van der Waals surface area contributed by atoms with Crippen LogP contribution in [0.5, 0.6) is 0 Å². The third-order valence-electron chi connectivity index (χ3n) is 14.3. The van der Waals surface area contributed by atoms with E-state index >= 15 is 0 Å². The topological polar surface area (TPSA) is 18.0 Å². The molecular weight excluding hydrogens is 849 g/mol. The van der Waals surface area contributed by atoms with Crippen molar-refractivity contribution >= 4 is 82.3 Å². The van der Waals surface area contributed by atoms with Crippen molar-refractivity contribution in [1.82, 2.24) is 13.7 Å². The monoisotopic (exact) mass is 892 g/mol. The summed E-state index contributed by atoms with van der Waals surface area (Å²) in [6, 6.07) is 94.8. The molecule has 0 spiro atoms. The molecule has 0 radical (unpaired) electrons. The summed E-state index contributed by atoms with van der Waals surface area (Å²) < 4.78 is 7.27. The van der Waals surface area contributed by atoms with E-state index in [1.54, 1.807) is 0 Å². The molecule has 0 bridgehead atoms. The summed E-state index contributed by atoms with van der Waals surface area (Å²) in [4.78, 5) is 2.36.